The molecular weight excluding hydrogens is 605 g/mol. The summed E-state index contributed by atoms with van der Waals surface area (Å²) in [4.78, 5) is 14.7. The predicted octanol–water partition coefficient (Wildman–Crippen LogP) is 5.99. The number of hydrogen-bond acceptors (Lipinski definition) is 5. The van der Waals surface area contributed by atoms with Crippen LogP contribution in [-0.2, 0) is 27.5 Å². The van der Waals surface area contributed by atoms with E-state index >= 15 is 0 Å². The topological polar surface area (TPSA) is 87.7 Å². The quantitative estimate of drug-likeness (QED) is 0.282. The Balaban J connectivity index is 1.28. The molecule has 3 aromatic rings. The summed E-state index contributed by atoms with van der Waals surface area (Å²) in [5.74, 6) is -2.52. The molecule has 1 amide bonds. The highest BCUT2D eigenvalue weighted by atomic mass is 32.2. The number of alkyl halides is 5. The van der Waals surface area contributed by atoms with Gasteiger partial charge in [0.25, 0.3) is 5.92 Å². The molecule has 13 heteroatoms. The maximum atomic E-state index is 13.5. The van der Waals surface area contributed by atoms with Gasteiger partial charge in [0, 0.05) is 50.9 Å². The van der Waals surface area contributed by atoms with Crippen LogP contribution in [0.5, 0.6) is 5.75 Å². The molecular formula is C31H32F5N3O4S. The number of halogens is 5. The smallest absolute Gasteiger partial charge is 0.416 e. The Labute approximate surface area is 252 Å². The van der Waals surface area contributed by atoms with Gasteiger partial charge in [0.05, 0.1) is 29.1 Å². The molecule has 2 heterocycles. The molecule has 0 saturated carbocycles. The van der Waals surface area contributed by atoms with Gasteiger partial charge < -0.3 is 10.1 Å². The Morgan fingerprint density at radius 3 is 2.43 bits per heavy atom. The molecule has 0 unspecified atom stereocenters. The molecule has 1 saturated heterocycles. The molecule has 44 heavy (non-hydrogen) atoms. The van der Waals surface area contributed by atoms with Crippen LogP contribution in [0.15, 0.2) is 77.7 Å². The fourth-order valence-corrected chi connectivity index (χ4v) is 6.70. The van der Waals surface area contributed by atoms with Gasteiger partial charge in [0.15, 0.2) is 0 Å². The van der Waals surface area contributed by atoms with Gasteiger partial charge >= 0.3 is 6.18 Å². The molecule has 3 aromatic carbocycles. The number of hydrogen-bond donors (Lipinski definition) is 2. The number of likely N-dealkylation sites (tertiary alicyclic amines) is 1. The first-order valence-electron chi connectivity index (χ1n) is 14.2. The number of benzene rings is 3. The number of nitrogens with zero attached hydrogens (tertiary/aromatic N) is 1. The molecule has 7 nitrogen and oxygen atoms in total. The number of amides is 1. The second kappa shape index (κ2) is 12.8. The normalized spacial score (nSPS) is 19.4. The monoisotopic (exact) mass is 637 g/mol. The summed E-state index contributed by atoms with van der Waals surface area (Å²) >= 11 is 0. The lowest BCUT2D eigenvalue weighted by Gasteiger charge is -2.32. The van der Waals surface area contributed by atoms with Gasteiger partial charge in [0.2, 0.25) is 15.9 Å². The van der Waals surface area contributed by atoms with E-state index in [1.807, 2.05) is 23.1 Å². The fourth-order valence-electron chi connectivity index (χ4n) is 5.43. The minimum atomic E-state index is -4.73. The number of sulfonamides is 1. The number of piperidine rings is 1. The van der Waals surface area contributed by atoms with Crippen molar-refractivity contribution in [3.63, 3.8) is 0 Å². The molecule has 0 aromatic heterocycles. The first-order chi connectivity index (χ1) is 20.8. The fraction of sp³-hybridized carbons (Fsp3) is 0.387. The van der Waals surface area contributed by atoms with Crippen LogP contribution in [0, 0.1) is 0 Å². The summed E-state index contributed by atoms with van der Waals surface area (Å²) in [6.45, 7) is 1.41. The van der Waals surface area contributed by atoms with E-state index in [0.717, 1.165) is 29.3 Å². The lowest BCUT2D eigenvalue weighted by molar-refractivity contribution is -0.137. The maximum Gasteiger partial charge on any atom is 0.416 e. The molecule has 0 spiro atoms. The van der Waals surface area contributed by atoms with Crippen LogP contribution in [0.3, 0.4) is 0 Å². The molecule has 2 N–H and O–H groups in total. The highest BCUT2D eigenvalue weighted by molar-refractivity contribution is 7.89. The van der Waals surface area contributed by atoms with E-state index in [-0.39, 0.29) is 19.3 Å². The van der Waals surface area contributed by atoms with E-state index in [0.29, 0.717) is 50.0 Å². The lowest BCUT2D eigenvalue weighted by Crippen LogP contribution is -2.39. The Hall–Kier alpha value is -3.55. The number of nitrogens with one attached hydrogen (secondary N) is 2. The molecule has 236 valence electrons. The molecule has 2 aliphatic heterocycles. The van der Waals surface area contributed by atoms with Crippen LogP contribution in [0.4, 0.5) is 22.0 Å². The second-order valence-electron chi connectivity index (χ2n) is 11.1. The van der Waals surface area contributed by atoms with Gasteiger partial charge in [-0.15, -0.1) is 0 Å². The highest BCUT2D eigenvalue weighted by Crippen LogP contribution is 2.35. The zero-order chi connectivity index (χ0) is 31.5. The summed E-state index contributed by atoms with van der Waals surface area (Å²) in [6.07, 6.45) is -4.93. The van der Waals surface area contributed by atoms with Crippen LogP contribution >= 0.6 is 0 Å². The summed E-state index contributed by atoms with van der Waals surface area (Å²) in [5, 5.41) is 2.94. The van der Waals surface area contributed by atoms with Crippen molar-refractivity contribution in [3.05, 3.63) is 95.1 Å². The number of carbonyl (C=O) groups is 1. The third-order valence-electron chi connectivity index (χ3n) is 7.81. The van der Waals surface area contributed by atoms with E-state index in [1.165, 1.54) is 0 Å². The summed E-state index contributed by atoms with van der Waals surface area (Å²) in [6, 6.07) is 15.8. The third-order valence-corrected chi connectivity index (χ3v) is 9.28. The van der Waals surface area contributed by atoms with Gasteiger partial charge in [-0.3, -0.25) is 9.69 Å². The Morgan fingerprint density at radius 2 is 1.73 bits per heavy atom. The molecule has 1 fully saturated rings. The van der Waals surface area contributed by atoms with E-state index in [4.69, 9.17) is 4.74 Å². The minimum absolute atomic E-state index is 0.178. The van der Waals surface area contributed by atoms with E-state index in [1.54, 1.807) is 30.3 Å². The average molecular weight is 638 g/mol. The Kier molecular flexibility index (Phi) is 9.28. The standard InChI is InChI=1S/C31H32F5N3O4S/c32-30(33)12-14-39(15-13-30)20-21-9-10-25-26(11-16-43-28(25)17-21)37-29(40)19-27(22-5-2-1-3-6-22)38-44(41,42)24-8-4-7-23(18-24)31(34,35)36/h1-10,17-18,26-27,38H,11-16,19-20H2,(H,37,40)/t26-,27-/m1/s1. The summed E-state index contributed by atoms with van der Waals surface area (Å²) in [7, 11) is -4.44. The SMILES string of the molecule is O=C(C[C@@H](NS(=O)(=O)c1cccc(C(F)(F)F)c1)c1ccccc1)N[C@@H]1CCOc2cc(CN3CCC(F)(F)CC3)ccc21. The molecule has 5 rings (SSSR count). The van der Waals surface area contributed by atoms with E-state index in [2.05, 4.69) is 10.0 Å². The van der Waals surface area contributed by atoms with Gasteiger partial charge in [-0.1, -0.05) is 48.5 Å². The summed E-state index contributed by atoms with van der Waals surface area (Å²) < 4.78 is 101. The van der Waals surface area contributed by atoms with Crippen molar-refractivity contribution in [1.82, 2.24) is 14.9 Å². The van der Waals surface area contributed by atoms with E-state index < -0.39 is 50.6 Å². The minimum Gasteiger partial charge on any atom is -0.493 e. The van der Waals surface area contributed by atoms with Crippen molar-refractivity contribution < 1.29 is 39.9 Å². The van der Waals surface area contributed by atoms with E-state index in [9.17, 15) is 35.2 Å². The van der Waals surface area contributed by atoms with Crippen LogP contribution in [0.1, 0.15) is 60.0 Å². The van der Waals surface area contributed by atoms with Gasteiger partial charge in [0.1, 0.15) is 5.75 Å². The number of ether oxygens (including phenoxy) is 1. The van der Waals surface area contributed by atoms with Crippen LogP contribution in [0.2, 0.25) is 0 Å². The largest absolute Gasteiger partial charge is 0.493 e. The molecule has 0 bridgehead atoms. The van der Waals surface area contributed by atoms with Gasteiger partial charge in [-0.25, -0.2) is 21.9 Å². The van der Waals surface area contributed by atoms with Gasteiger partial charge in [-0.05, 0) is 35.4 Å². The molecule has 2 aliphatic rings. The first kappa shape index (κ1) is 31.9. The third kappa shape index (κ3) is 7.93. The molecule has 2 atom stereocenters. The van der Waals surface area contributed by atoms with Crippen LogP contribution in [-0.4, -0.2) is 44.8 Å². The predicted molar refractivity (Wildman–Crippen MR) is 152 cm³/mol. The summed E-state index contributed by atoms with van der Waals surface area (Å²) in [5.41, 5.74) is 0.993. The van der Waals surface area contributed by atoms with Crippen LogP contribution < -0.4 is 14.8 Å². The number of rotatable bonds is 9. The van der Waals surface area contributed by atoms with Crippen molar-refractivity contribution in [2.45, 2.75) is 61.3 Å². The zero-order valence-corrected chi connectivity index (χ0v) is 24.4. The van der Waals surface area contributed by atoms with Gasteiger partial charge in [-0.2, -0.15) is 13.2 Å². The molecule has 0 aliphatic carbocycles. The Morgan fingerprint density at radius 1 is 1.00 bits per heavy atom. The first-order valence-corrected chi connectivity index (χ1v) is 15.7. The van der Waals surface area contributed by atoms with Crippen LogP contribution in [0.25, 0.3) is 0 Å². The zero-order valence-electron chi connectivity index (χ0n) is 23.6. The average Bonchev–Trinajstić information content (AvgIpc) is 2.98. The van der Waals surface area contributed by atoms with Crippen molar-refractivity contribution in [1.29, 1.82) is 0 Å². The lowest BCUT2D eigenvalue weighted by atomic mass is 9.97. The maximum absolute atomic E-state index is 13.5. The Bertz CT molecular complexity index is 1570. The molecule has 0 radical (unpaired) electrons. The highest BCUT2D eigenvalue weighted by Gasteiger charge is 2.35. The number of fused-ring (bicyclic) bond motifs is 1. The van der Waals surface area contributed by atoms with Crippen molar-refractivity contribution in [2.24, 2.45) is 0 Å². The van der Waals surface area contributed by atoms with Crippen molar-refractivity contribution in [2.75, 3.05) is 19.7 Å². The second-order valence-corrected chi connectivity index (χ2v) is 12.8. The number of carbonyl (C=O) groups excluding carboxylic acids is 1. The van der Waals surface area contributed by atoms with Crippen molar-refractivity contribution >= 4 is 15.9 Å². The van der Waals surface area contributed by atoms with Crippen molar-refractivity contribution in [3.8, 4) is 5.75 Å².